The first-order valence-corrected chi connectivity index (χ1v) is 41.3. The van der Waals surface area contributed by atoms with E-state index in [9.17, 15) is 64.8 Å². The molecule has 6 saturated carbocycles. The topological polar surface area (TPSA) is 370 Å². The summed E-state index contributed by atoms with van der Waals surface area (Å²) in [5, 5.41) is 16.4. The molecule has 2 aliphatic heterocycles. The predicted octanol–water partition coefficient (Wildman–Crippen LogP) is 6.82. The normalized spacial score (nSPS) is 24.8. The molecule has 8 amide bonds. The molecule has 0 radical (unpaired) electrons. The number of nitrogens with zero attached hydrogens (tertiary/aromatic N) is 3. The van der Waals surface area contributed by atoms with Crippen LogP contribution in [0, 0.1) is 68.0 Å². The summed E-state index contributed by atoms with van der Waals surface area (Å²) in [4.78, 5) is 149. The fourth-order valence-corrected chi connectivity index (χ4v) is 19.9. The van der Waals surface area contributed by atoms with Gasteiger partial charge in [0, 0.05) is 26.2 Å². The standard InChI is InChI=1S/C40H57N7O7S.C39H57N5O7S/c1-8-20-41-34(50)30(48)27(21-23-16-17-23)42-33(49)29-28-24(39(28,5)6)22-47(29)36(52)32(38(2,3)4)45-35(51)31(40(7)18-12-9-13-19-40)46-55(53,54)37-43-25-14-10-11-15-26(25)44-37;1-8-21-40-34(47)30(45)27(22-24-17-18-24)41-33(46)29-28-26(38(28,5)6)23-44(29)36(49)32(37(2,3)4)42-35(48)31(39(7)19-13-10-14-20-39)43-52(50,51)25-15-11-9-12-16-25/h8,10-11,14-15,23-24,27-29,31-32,46H,1,9,12-13,16-22H2,2-7H3,(H,41,50)(H,42,49)(H,43,44)(H,45,51);8-9,11-12,15-16,24,26-29,31-32,43H,1,10,13-14,17-23H2,2-7H3,(H,40,47)(H,41,46)(H,42,48)/t24-,27?,28-,29-,31+,32+;26-,27?,28-,29-,31+,32+/m00/s1. The number of aromatic nitrogens is 2. The van der Waals surface area contributed by atoms with E-state index in [1.807, 2.05) is 69.2 Å². The molecule has 2 aromatic carbocycles. The number of benzene rings is 2. The van der Waals surface area contributed by atoms with E-state index >= 15 is 0 Å². The molecule has 3 heterocycles. The average Bonchev–Trinajstić information content (AvgIpc) is 1.53. The molecule has 11 rings (SSSR count). The highest BCUT2D eigenvalue weighted by Gasteiger charge is 2.71. The second kappa shape index (κ2) is 31.7. The van der Waals surface area contributed by atoms with E-state index in [4.69, 9.17) is 0 Å². The van der Waals surface area contributed by atoms with Crippen LogP contribution in [0.2, 0.25) is 0 Å². The molecule has 2 unspecified atom stereocenters. The number of sulfonamides is 2. The summed E-state index contributed by atoms with van der Waals surface area (Å²) in [6.45, 7) is 30.9. The second-order valence-corrected chi connectivity index (χ2v) is 38.9. The van der Waals surface area contributed by atoms with Gasteiger partial charge in [-0.05, 0) is 131 Å². The molecule has 0 bridgehead atoms. The molecule has 586 valence electrons. The van der Waals surface area contributed by atoms with Crippen molar-refractivity contribution in [1.82, 2.24) is 61.1 Å². The molecule has 6 aliphatic carbocycles. The second-order valence-electron chi connectivity index (χ2n) is 35.5. The van der Waals surface area contributed by atoms with Crippen molar-refractivity contribution in [3.05, 3.63) is 79.9 Å². The van der Waals surface area contributed by atoms with E-state index in [0.29, 0.717) is 56.1 Å². The zero-order valence-electron chi connectivity index (χ0n) is 64.4. The number of para-hydroxylation sites is 2. The summed E-state index contributed by atoms with van der Waals surface area (Å²) in [6.07, 6.45) is 15.0. The number of carbonyl (C=O) groups is 10. The number of amides is 8. The molecule has 12 atom stereocenters. The lowest BCUT2D eigenvalue weighted by atomic mass is 9.70. The molecule has 1 aromatic heterocycles. The molecule has 8 fully saturated rings. The zero-order valence-corrected chi connectivity index (χ0v) is 66.0. The summed E-state index contributed by atoms with van der Waals surface area (Å²) >= 11 is 0. The van der Waals surface area contributed by atoms with Gasteiger partial charge in [-0.15, -0.1) is 13.2 Å². The van der Waals surface area contributed by atoms with Crippen molar-refractivity contribution in [2.75, 3.05) is 26.2 Å². The van der Waals surface area contributed by atoms with Gasteiger partial charge in [0.25, 0.3) is 21.8 Å². The summed E-state index contributed by atoms with van der Waals surface area (Å²) in [5.41, 5.74) is -2.58. The van der Waals surface area contributed by atoms with Crippen molar-refractivity contribution in [2.45, 2.75) is 244 Å². The Balaban J connectivity index is 0.000000229. The van der Waals surface area contributed by atoms with Gasteiger partial charge < -0.3 is 46.7 Å². The Morgan fingerprint density at radius 1 is 0.542 bits per heavy atom. The number of hydrogen-bond donors (Lipinski definition) is 9. The molecule has 9 N–H and O–H groups in total. The van der Waals surface area contributed by atoms with Crippen molar-refractivity contribution < 1.29 is 64.8 Å². The van der Waals surface area contributed by atoms with Gasteiger partial charge in [0.1, 0.15) is 36.3 Å². The molecule has 8 aliphatic rings. The van der Waals surface area contributed by atoms with Gasteiger partial charge >= 0.3 is 0 Å². The zero-order chi connectivity index (χ0) is 78.3. The van der Waals surface area contributed by atoms with Crippen molar-refractivity contribution in [3.8, 4) is 0 Å². The maximum Gasteiger partial charge on any atom is 0.289 e. The van der Waals surface area contributed by atoms with Crippen LogP contribution in [0.3, 0.4) is 0 Å². The average molecular weight is 1520 g/mol. The number of hydrogen-bond acceptors (Lipinski definition) is 15. The fourth-order valence-electron chi connectivity index (χ4n) is 17.3. The first-order chi connectivity index (χ1) is 50.1. The monoisotopic (exact) mass is 1520 g/mol. The fraction of sp³-hybridized carbons (Fsp3) is 0.658. The van der Waals surface area contributed by atoms with Crippen LogP contribution in [0.5, 0.6) is 0 Å². The van der Waals surface area contributed by atoms with Gasteiger partial charge in [0.2, 0.25) is 62.2 Å². The number of carbonyl (C=O) groups excluding carboxylic acids is 10. The minimum absolute atomic E-state index is 0.0153. The van der Waals surface area contributed by atoms with E-state index in [-0.39, 0.29) is 76.0 Å². The highest BCUT2D eigenvalue weighted by atomic mass is 32.2. The van der Waals surface area contributed by atoms with Gasteiger partial charge in [0.15, 0.2) is 0 Å². The molecular formula is C79H114N12O14S2. The first-order valence-electron chi connectivity index (χ1n) is 38.3. The first kappa shape index (κ1) is 81.8. The van der Waals surface area contributed by atoms with Crippen LogP contribution in [0.1, 0.15) is 186 Å². The van der Waals surface area contributed by atoms with Crippen molar-refractivity contribution >= 4 is 89.9 Å². The van der Waals surface area contributed by atoms with E-state index in [2.05, 4.69) is 78.3 Å². The number of rotatable bonds is 30. The van der Waals surface area contributed by atoms with Gasteiger partial charge in [-0.1, -0.05) is 190 Å². The summed E-state index contributed by atoms with van der Waals surface area (Å²) in [6, 6.07) is 6.32. The molecule has 26 nitrogen and oxygen atoms in total. The van der Waals surface area contributed by atoms with Crippen molar-refractivity contribution in [1.29, 1.82) is 0 Å². The van der Waals surface area contributed by atoms with Crippen LogP contribution >= 0.6 is 0 Å². The maximum absolute atomic E-state index is 14.8. The smallest absolute Gasteiger partial charge is 0.289 e. The van der Waals surface area contributed by atoms with Gasteiger partial charge in [-0.25, -0.2) is 21.8 Å². The Morgan fingerprint density at radius 2 is 0.925 bits per heavy atom. The number of Topliss-reactive ketones (excluding diaryl/α,β-unsaturated/α-hetero) is 2. The van der Waals surface area contributed by atoms with Gasteiger partial charge in [-0.2, -0.15) is 9.44 Å². The number of nitrogens with one attached hydrogen (secondary N) is 9. The van der Waals surface area contributed by atoms with E-state index < -0.39 is 149 Å². The molecule has 3 aromatic rings. The van der Waals surface area contributed by atoms with Crippen LogP contribution in [0.15, 0.2) is 90.0 Å². The lowest BCUT2D eigenvalue weighted by molar-refractivity contribution is -0.147. The summed E-state index contributed by atoms with van der Waals surface area (Å²) in [5.74, 6) is -6.09. The Labute approximate surface area is 630 Å². The number of ketones is 2. The number of aromatic amines is 1. The quantitative estimate of drug-likeness (QED) is 0.0244. The Morgan fingerprint density at radius 3 is 1.30 bits per heavy atom. The molecular weight excluding hydrogens is 1410 g/mol. The molecule has 2 saturated heterocycles. The number of H-pyrrole nitrogens is 1. The van der Waals surface area contributed by atoms with E-state index in [1.165, 1.54) is 34.1 Å². The van der Waals surface area contributed by atoms with Crippen molar-refractivity contribution in [3.63, 3.8) is 0 Å². The Bertz CT molecular complexity index is 4110. The number of piperidine rings is 2. The lowest BCUT2D eigenvalue weighted by Crippen LogP contribution is -2.64. The predicted molar refractivity (Wildman–Crippen MR) is 403 cm³/mol. The minimum atomic E-state index is -4.32. The van der Waals surface area contributed by atoms with Gasteiger partial charge in [-0.3, -0.25) is 47.9 Å². The summed E-state index contributed by atoms with van der Waals surface area (Å²) < 4.78 is 60.4. The number of imidazole rings is 1. The van der Waals surface area contributed by atoms with Crippen LogP contribution in [0.4, 0.5) is 0 Å². The third-order valence-corrected chi connectivity index (χ3v) is 27.2. The number of likely N-dealkylation sites (tertiary alicyclic amines) is 2. The largest absolute Gasteiger partial charge is 0.346 e. The van der Waals surface area contributed by atoms with Crippen LogP contribution in [-0.4, -0.2) is 170 Å². The Hall–Kier alpha value is -7.69. The molecule has 107 heavy (non-hydrogen) atoms. The van der Waals surface area contributed by atoms with Crippen LogP contribution in [0.25, 0.3) is 11.0 Å². The highest BCUT2D eigenvalue weighted by Crippen LogP contribution is 2.66. The SMILES string of the molecule is C=CCNC(=O)C(=O)C(CC1CC1)NC(=O)[C@@H]1[C@@H]2[C@H](CN1C(=O)[C@@H](NC(=O)[C@@H](NS(=O)(=O)c1ccccc1)C1(C)CCCCC1)C(C)(C)C)C2(C)C.C=CCNC(=O)C(=O)C(CC1CC1)NC(=O)[C@@H]1[C@@H]2[C@H](CN1C(=O)[C@@H](NC(=O)[C@@H](NS(=O)(=O)c1nc3ccccc3[nH]1)C1(C)CCCCC1)C(C)(C)C)C2(C)C. The van der Waals surface area contributed by atoms with E-state index in [0.717, 1.165) is 64.2 Å². The lowest BCUT2D eigenvalue weighted by Gasteiger charge is -2.42. The third kappa shape index (κ3) is 18.3. The minimum Gasteiger partial charge on any atom is -0.346 e. The maximum atomic E-state index is 14.8. The Kier molecular flexibility index (Phi) is 24.3. The van der Waals surface area contributed by atoms with Crippen LogP contribution < -0.4 is 41.3 Å². The highest BCUT2D eigenvalue weighted by molar-refractivity contribution is 7.89. The summed E-state index contributed by atoms with van der Waals surface area (Å²) in [7, 11) is -8.40. The molecule has 0 spiro atoms. The van der Waals surface area contributed by atoms with E-state index in [1.54, 1.807) is 42.5 Å². The number of fused-ring (bicyclic) bond motifs is 3. The van der Waals surface area contributed by atoms with Crippen molar-refractivity contribution in [2.24, 2.45) is 68.0 Å². The van der Waals surface area contributed by atoms with Crippen LogP contribution in [-0.2, 0) is 68.0 Å². The molecule has 28 heteroatoms. The third-order valence-electron chi connectivity index (χ3n) is 24.5. The van der Waals surface area contributed by atoms with Gasteiger partial charge in [0.05, 0.1) is 28.0 Å².